The second-order valence-electron chi connectivity index (χ2n) is 6.39. The van der Waals surface area contributed by atoms with Gasteiger partial charge < -0.3 is 14.6 Å². The lowest BCUT2D eigenvalue weighted by Crippen LogP contribution is -2.15. The molecule has 0 saturated heterocycles. The quantitative estimate of drug-likeness (QED) is 0.595. The molecule has 0 radical (unpaired) electrons. The minimum atomic E-state index is -0.296. The Morgan fingerprint density at radius 3 is 2.56 bits per heavy atom. The normalized spacial score (nSPS) is 11.1. The smallest absolute Gasteiger partial charge is 0.210 e. The summed E-state index contributed by atoms with van der Waals surface area (Å²) < 4.78 is 16.1. The van der Waals surface area contributed by atoms with E-state index in [2.05, 4.69) is 9.97 Å². The molecule has 0 spiro atoms. The van der Waals surface area contributed by atoms with Crippen LogP contribution < -0.4 is 4.90 Å². The monoisotopic (exact) mass is 362 g/mol. The van der Waals surface area contributed by atoms with Crippen molar-refractivity contribution >= 4 is 22.7 Å². The van der Waals surface area contributed by atoms with E-state index >= 15 is 0 Å². The molecule has 0 unspecified atom stereocenters. The van der Waals surface area contributed by atoms with Gasteiger partial charge in [-0.25, -0.2) is 9.37 Å². The summed E-state index contributed by atoms with van der Waals surface area (Å²) in [6, 6.07) is 16.2. The number of anilines is 2. The molecule has 4 aromatic rings. The molecule has 27 heavy (non-hydrogen) atoms. The Bertz CT molecular complexity index is 1110. The highest BCUT2D eigenvalue weighted by molar-refractivity contribution is 5.83. The van der Waals surface area contributed by atoms with Gasteiger partial charge in [-0.1, -0.05) is 36.4 Å². The molecule has 136 valence electrons. The Morgan fingerprint density at radius 1 is 1.11 bits per heavy atom. The molecule has 0 aliphatic heterocycles. The van der Waals surface area contributed by atoms with Gasteiger partial charge in [0.15, 0.2) is 0 Å². The van der Waals surface area contributed by atoms with Crippen molar-refractivity contribution in [1.29, 1.82) is 0 Å². The van der Waals surface area contributed by atoms with Gasteiger partial charge in [0.2, 0.25) is 5.95 Å². The minimum Gasteiger partial charge on any atom is -0.392 e. The van der Waals surface area contributed by atoms with Crippen molar-refractivity contribution in [1.82, 2.24) is 14.5 Å². The Balaban J connectivity index is 1.77. The number of rotatable bonds is 4. The molecule has 0 bridgehead atoms. The van der Waals surface area contributed by atoms with Crippen LogP contribution in [0.15, 0.2) is 60.8 Å². The van der Waals surface area contributed by atoms with Crippen LogP contribution in [-0.2, 0) is 13.7 Å². The first-order valence-electron chi connectivity index (χ1n) is 8.59. The molecule has 1 N–H and O–H groups in total. The van der Waals surface area contributed by atoms with E-state index in [1.807, 2.05) is 41.9 Å². The molecular weight excluding hydrogens is 343 g/mol. The van der Waals surface area contributed by atoms with Gasteiger partial charge in [0, 0.05) is 19.7 Å². The average Bonchev–Trinajstić information content (AvgIpc) is 3.04. The first-order valence-corrected chi connectivity index (χ1v) is 8.59. The first-order chi connectivity index (χ1) is 13.1. The third-order valence-electron chi connectivity index (χ3n) is 4.69. The lowest BCUT2D eigenvalue weighted by atomic mass is 10.1. The largest absolute Gasteiger partial charge is 0.392 e. The summed E-state index contributed by atoms with van der Waals surface area (Å²) in [7, 11) is 3.70. The summed E-state index contributed by atoms with van der Waals surface area (Å²) >= 11 is 0. The van der Waals surface area contributed by atoms with Gasteiger partial charge >= 0.3 is 0 Å². The van der Waals surface area contributed by atoms with Crippen LogP contribution in [0.2, 0.25) is 0 Å². The van der Waals surface area contributed by atoms with Gasteiger partial charge in [-0.3, -0.25) is 4.98 Å². The van der Waals surface area contributed by atoms with Gasteiger partial charge in [0.25, 0.3) is 0 Å². The van der Waals surface area contributed by atoms with Crippen LogP contribution in [0.25, 0.3) is 22.3 Å². The number of pyridine rings is 1. The predicted octanol–water partition coefficient (Wildman–Crippen LogP) is 4.03. The Morgan fingerprint density at radius 2 is 1.85 bits per heavy atom. The van der Waals surface area contributed by atoms with Gasteiger partial charge in [-0.05, 0) is 23.8 Å². The van der Waals surface area contributed by atoms with Crippen LogP contribution in [-0.4, -0.2) is 26.7 Å². The van der Waals surface area contributed by atoms with Gasteiger partial charge in [0.1, 0.15) is 11.3 Å². The third-order valence-corrected chi connectivity index (χ3v) is 4.69. The van der Waals surface area contributed by atoms with Crippen LogP contribution in [0.5, 0.6) is 0 Å². The standard InChI is InChI=1S/C21H19FN4O/c1-25(19-6-4-3-5-16(19)22)21-24-18-12-23-17(11-20(18)26(21)2)15-9-7-14(13-27)8-10-15/h3-12,27H,13H2,1-2H3. The fourth-order valence-corrected chi connectivity index (χ4v) is 3.15. The second kappa shape index (κ2) is 6.81. The predicted molar refractivity (Wildman–Crippen MR) is 104 cm³/mol. The highest BCUT2D eigenvalue weighted by atomic mass is 19.1. The van der Waals surface area contributed by atoms with E-state index < -0.39 is 0 Å². The third kappa shape index (κ3) is 3.04. The maximum Gasteiger partial charge on any atom is 0.210 e. The van der Waals surface area contributed by atoms with Crippen LogP contribution in [0.3, 0.4) is 0 Å². The second-order valence-corrected chi connectivity index (χ2v) is 6.39. The number of fused-ring (bicyclic) bond motifs is 1. The highest BCUT2D eigenvalue weighted by Crippen LogP contribution is 2.29. The lowest BCUT2D eigenvalue weighted by molar-refractivity contribution is 0.282. The van der Waals surface area contributed by atoms with E-state index in [0.717, 1.165) is 27.9 Å². The zero-order valence-electron chi connectivity index (χ0n) is 15.1. The number of hydrogen-bond acceptors (Lipinski definition) is 4. The van der Waals surface area contributed by atoms with Gasteiger partial charge in [-0.2, -0.15) is 0 Å². The molecule has 2 heterocycles. The number of imidazole rings is 1. The van der Waals surface area contributed by atoms with E-state index in [0.29, 0.717) is 11.6 Å². The van der Waals surface area contributed by atoms with E-state index in [9.17, 15) is 9.50 Å². The maximum atomic E-state index is 14.2. The van der Waals surface area contributed by atoms with E-state index in [1.54, 1.807) is 36.3 Å². The van der Waals surface area contributed by atoms with E-state index in [1.165, 1.54) is 6.07 Å². The van der Waals surface area contributed by atoms with Crippen molar-refractivity contribution in [3.05, 3.63) is 72.2 Å². The number of aromatic nitrogens is 3. The summed E-state index contributed by atoms with van der Waals surface area (Å²) in [5.74, 6) is 0.333. The molecule has 0 aliphatic rings. The van der Waals surface area contributed by atoms with Crippen molar-refractivity contribution in [2.75, 3.05) is 11.9 Å². The number of hydrogen-bond donors (Lipinski definition) is 1. The number of aliphatic hydroxyl groups excluding tert-OH is 1. The zero-order valence-corrected chi connectivity index (χ0v) is 15.1. The van der Waals surface area contributed by atoms with Crippen molar-refractivity contribution in [2.45, 2.75) is 6.61 Å². The fourth-order valence-electron chi connectivity index (χ4n) is 3.15. The van der Waals surface area contributed by atoms with Gasteiger partial charge in [0.05, 0.1) is 29.7 Å². The van der Waals surface area contributed by atoms with Crippen molar-refractivity contribution in [2.24, 2.45) is 7.05 Å². The minimum absolute atomic E-state index is 0.0141. The molecule has 0 amide bonds. The maximum absolute atomic E-state index is 14.2. The summed E-state index contributed by atoms with van der Waals surface area (Å²) in [5.41, 5.74) is 4.74. The van der Waals surface area contributed by atoms with E-state index in [4.69, 9.17) is 0 Å². The molecule has 6 heteroatoms. The van der Waals surface area contributed by atoms with Crippen LogP contribution >= 0.6 is 0 Å². The van der Waals surface area contributed by atoms with Crippen LogP contribution in [0.1, 0.15) is 5.56 Å². The number of para-hydroxylation sites is 1. The van der Waals surface area contributed by atoms with Crippen molar-refractivity contribution < 1.29 is 9.50 Å². The molecular formula is C21H19FN4O. The summed E-state index contributed by atoms with van der Waals surface area (Å²) in [6.07, 6.45) is 1.73. The number of aryl methyl sites for hydroxylation is 1. The molecule has 0 fully saturated rings. The molecule has 0 atom stereocenters. The molecule has 2 aromatic heterocycles. The molecule has 0 saturated carbocycles. The first kappa shape index (κ1) is 17.2. The summed E-state index contributed by atoms with van der Waals surface area (Å²) in [5, 5.41) is 9.19. The van der Waals surface area contributed by atoms with Crippen molar-refractivity contribution in [3.8, 4) is 11.3 Å². The Labute approximate surface area is 156 Å². The number of nitrogens with zero attached hydrogens (tertiary/aromatic N) is 4. The molecule has 2 aromatic carbocycles. The molecule has 4 rings (SSSR count). The lowest BCUT2D eigenvalue weighted by Gasteiger charge is -2.18. The van der Waals surface area contributed by atoms with Crippen LogP contribution in [0.4, 0.5) is 16.0 Å². The SMILES string of the molecule is CN(c1ccccc1F)c1nc2cnc(-c3ccc(CO)cc3)cc2n1C. The number of benzene rings is 2. The van der Waals surface area contributed by atoms with E-state index in [-0.39, 0.29) is 12.4 Å². The van der Waals surface area contributed by atoms with Gasteiger partial charge in [-0.15, -0.1) is 0 Å². The topological polar surface area (TPSA) is 54.2 Å². The summed E-state index contributed by atoms with van der Waals surface area (Å²) in [4.78, 5) is 10.9. The fraction of sp³-hybridized carbons (Fsp3) is 0.143. The summed E-state index contributed by atoms with van der Waals surface area (Å²) in [6.45, 7) is 0.0141. The number of halogens is 1. The highest BCUT2D eigenvalue weighted by Gasteiger charge is 2.16. The zero-order chi connectivity index (χ0) is 19.0. The van der Waals surface area contributed by atoms with Crippen molar-refractivity contribution in [3.63, 3.8) is 0 Å². The average molecular weight is 362 g/mol. The number of aliphatic hydroxyl groups is 1. The Kier molecular flexibility index (Phi) is 4.33. The Hall–Kier alpha value is -3.25. The molecule has 0 aliphatic carbocycles. The van der Waals surface area contributed by atoms with Crippen LogP contribution in [0, 0.1) is 5.82 Å². The molecule has 5 nitrogen and oxygen atoms in total.